The molecule has 0 saturated carbocycles. The minimum Gasteiger partial charge on any atom is -0.339 e. The van der Waals surface area contributed by atoms with E-state index in [4.69, 9.17) is 0 Å². The lowest BCUT2D eigenvalue weighted by molar-refractivity contribution is 0.982. The molecule has 0 unspecified atom stereocenters. The first kappa shape index (κ1) is 14.5. The Morgan fingerprint density at radius 3 is 2.59 bits per heavy atom. The van der Waals surface area contributed by atoms with Crippen molar-refractivity contribution in [2.45, 2.75) is 6.92 Å². The standard InChI is InChI=1S/C16H14BrN5/c1-11-7-8-14(13(17)9-11)20-16-21-15(10-18-22-16)19-12-5-3-2-4-6-12/h2-10H,1H3,(H2,19,20,21,22). The van der Waals surface area contributed by atoms with Crippen molar-refractivity contribution in [3.63, 3.8) is 0 Å². The molecule has 0 amide bonds. The number of rotatable bonds is 4. The molecular weight excluding hydrogens is 342 g/mol. The molecule has 3 rings (SSSR count). The van der Waals surface area contributed by atoms with Crippen molar-refractivity contribution in [3.05, 3.63) is 64.8 Å². The highest BCUT2D eigenvalue weighted by atomic mass is 79.9. The van der Waals surface area contributed by atoms with Crippen molar-refractivity contribution >= 4 is 39.1 Å². The molecule has 5 nitrogen and oxygen atoms in total. The number of aromatic nitrogens is 3. The first-order valence-corrected chi connectivity index (χ1v) is 7.55. The van der Waals surface area contributed by atoms with E-state index in [1.54, 1.807) is 6.20 Å². The van der Waals surface area contributed by atoms with Crippen molar-refractivity contribution in [1.29, 1.82) is 0 Å². The molecule has 22 heavy (non-hydrogen) atoms. The molecule has 1 aromatic heterocycles. The van der Waals surface area contributed by atoms with Crippen molar-refractivity contribution in [3.8, 4) is 0 Å². The van der Waals surface area contributed by atoms with E-state index in [0.717, 1.165) is 15.8 Å². The second-order valence-corrected chi connectivity index (χ2v) is 5.62. The van der Waals surface area contributed by atoms with Gasteiger partial charge in [0, 0.05) is 10.2 Å². The fraction of sp³-hybridized carbons (Fsp3) is 0.0625. The zero-order chi connectivity index (χ0) is 15.4. The van der Waals surface area contributed by atoms with Gasteiger partial charge in [-0.25, -0.2) is 0 Å². The van der Waals surface area contributed by atoms with Crippen LogP contribution in [-0.4, -0.2) is 15.2 Å². The molecular formula is C16H14BrN5. The predicted octanol–water partition coefficient (Wildman–Crippen LogP) is 4.43. The van der Waals surface area contributed by atoms with Crippen molar-refractivity contribution in [2.75, 3.05) is 10.6 Å². The summed E-state index contributed by atoms with van der Waals surface area (Å²) >= 11 is 3.52. The fourth-order valence-electron chi connectivity index (χ4n) is 1.93. The second-order valence-electron chi connectivity index (χ2n) is 4.76. The average molecular weight is 356 g/mol. The van der Waals surface area contributed by atoms with Crippen LogP contribution in [0.5, 0.6) is 0 Å². The third kappa shape index (κ3) is 3.59. The summed E-state index contributed by atoms with van der Waals surface area (Å²) in [5, 5.41) is 14.3. The monoisotopic (exact) mass is 355 g/mol. The SMILES string of the molecule is Cc1ccc(Nc2nncc(Nc3ccccc3)n2)c(Br)c1. The lowest BCUT2D eigenvalue weighted by Crippen LogP contribution is -2.02. The summed E-state index contributed by atoms with van der Waals surface area (Å²) in [7, 11) is 0. The van der Waals surface area contributed by atoms with Crippen molar-refractivity contribution < 1.29 is 0 Å². The molecule has 0 saturated heterocycles. The maximum Gasteiger partial charge on any atom is 0.249 e. The maximum atomic E-state index is 4.41. The molecule has 110 valence electrons. The van der Waals surface area contributed by atoms with Crippen LogP contribution in [-0.2, 0) is 0 Å². The largest absolute Gasteiger partial charge is 0.339 e. The first-order chi connectivity index (χ1) is 10.7. The number of aryl methyl sites for hydroxylation is 1. The Kier molecular flexibility index (Phi) is 4.29. The Morgan fingerprint density at radius 1 is 1.00 bits per heavy atom. The van der Waals surface area contributed by atoms with Crippen LogP contribution in [0.3, 0.4) is 0 Å². The molecule has 0 atom stereocenters. The Labute approximate surface area is 137 Å². The number of halogens is 1. The molecule has 2 aromatic carbocycles. The van der Waals surface area contributed by atoms with Gasteiger partial charge in [0.05, 0.1) is 11.9 Å². The molecule has 0 aliphatic carbocycles. The van der Waals surface area contributed by atoms with E-state index >= 15 is 0 Å². The van der Waals surface area contributed by atoms with Crippen LogP contribution in [0.1, 0.15) is 5.56 Å². The lowest BCUT2D eigenvalue weighted by atomic mass is 10.2. The van der Waals surface area contributed by atoms with Gasteiger partial charge in [-0.3, -0.25) is 0 Å². The maximum absolute atomic E-state index is 4.41. The number of hydrogen-bond acceptors (Lipinski definition) is 5. The molecule has 0 aliphatic rings. The van der Waals surface area contributed by atoms with Crippen LogP contribution in [0.15, 0.2) is 59.2 Å². The molecule has 0 radical (unpaired) electrons. The molecule has 0 fully saturated rings. The third-order valence-electron chi connectivity index (χ3n) is 2.98. The predicted molar refractivity (Wildman–Crippen MR) is 91.7 cm³/mol. The number of anilines is 4. The summed E-state index contributed by atoms with van der Waals surface area (Å²) in [6.45, 7) is 2.04. The first-order valence-electron chi connectivity index (χ1n) is 6.76. The number of benzene rings is 2. The van der Waals surface area contributed by atoms with E-state index in [9.17, 15) is 0 Å². The minimum atomic E-state index is 0.436. The van der Waals surface area contributed by atoms with Crippen LogP contribution in [0, 0.1) is 6.92 Å². The van der Waals surface area contributed by atoms with Gasteiger partial charge in [0.2, 0.25) is 5.95 Å². The zero-order valence-electron chi connectivity index (χ0n) is 11.9. The van der Waals surface area contributed by atoms with Gasteiger partial charge in [0.25, 0.3) is 0 Å². The Bertz CT molecular complexity index is 776. The van der Waals surface area contributed by atoms with Crippen LogP contribution in [0.2, 0.25) is 0 Å². The normalized spacial score (nSPS) is 10.3. The Hall–Kier alpha value is -2.47. The number of hydrogen-bond donors (Lipinski definition) is 2. The van der Waals surface area contributed by atoms with Gasteiger partial charge in [0.1, 0.15) is 0 Å². The summed E-state index contributed by atoms with van der Waals surface area (Å²) in [5.41, 5.74) is 3.02. The molecule has 0 aliphatic heterocycles. The van der Waals surface area contributed by atoms with Gasteiger partial charge < -0.3 is 10.6 Å². The third-order valence-corrected chi connectivity index (χ3v) is 3.63. The topological polar surface area (TPSA) is 62.7 Å². The van der Waals surface area contributed by atoms with E-state index in [0.29, 0.717) is 11.8 Å². The van der Waals surface area contributed by atoms with Gasteiger partial charge in [-0.05, 0) is 52.7 Å². The van der Waals surface area contributed by atoms with Crippen molar-refractivity contribution in [2.24, 2.45) is 0 Å². The van der Waals surface area contributed by atoms with Gasteiger partial charge >= 0.3 is 0 Å². The second kappa shape index (κ2) is 6.53. The van der Waals surface area contributed by atoms with E-state index in [2.05, 4.69) is 41.7 Å². The Balaban J connectivity index is 1.79. The van der Waals surface area contributed by atoms with E-state index < -0.39 is 0 Å². The number of para-hydroxylation sites is 1. The molecule has 0 spiro atoms. The minimum absolute atomic E-state index is 0.436. The van der Waals surface area contributed by atoms with Gasteiger partial charge in [-0.1, -0.05) is 24.3 Å². The lowest BCUT2D eigenvalue weighted by Gasteiger charge is -2.09. The van der Waals surface area contributed by atoms with Crippen LogP contribution < -0.4 is 10.6 Å². The van der Waals surface area contributed by atoms with Gasteiger partial charge in [-0.2, -0.15) is 10.1 Å². The quantitative estimate of drug-likeness (QED) is 0.724. The average Bonchev–Trinajstić information content (AvgIpc) is 2.52. The molecule has 2 N–H and O–H groups in total. The van der Waals surface area contributed by atoms with Crippen LogP contribution in [0.25, 0.3) is 0 Å². The molecule has 0 bridgehead atoms. The summed E-state index contributed by atoms with van der Waals surface area (Å²) in [4.78, 5) is 4.41. The fourth-order valence-corrected chi connectivity index (χ4v) is 2.52. The summed E-state index contributed by atoms with van der Waals surface area (Å²) < 4.78 is 0.956. The smallest absolute Gasteiger partial charge is 0.249 e. The highest BCUT2D eigenvalue weighted by Gasteiger charge is 2.05. The summed E-state index contributed by atoms with van der Waals surface area (Å²) in [6.07, 6.45) is 1.59. The molecule has 3 aromatic rings. The number of nitrogens with one attached hydrogen (secondary N) is 2. The summed E-state index contributed by atoms with van der Waals surface area (Å²) in [6, 6.07) is 15.8. The van der Waals surface area contributed by atoms with Crippen LogP contribution in [0.4, 0.5) is 23.1 Å². The summed E-state index contributed by atoms with van der Waals surface area (Å²) in [5.74, 6) is 1.07. The Morgan fingerprint density at radius 2 is 1.82 bits per heavy atom. The molecule has 6 heteroatoms. The van der Waals surface area contributed by atoms with Gasteiger partial charge in [0.15, 0.2) is 5.82 Å². The number of nitrogens with zero attached hydrogens (tertiary/aromatic N) is 3. The zero-order valence-corrected chi connectivity index (χ0v) is 13.5. The molecule has 1 heterocycles. The van der Waals surface area contributed by atoms with E-state index in [1.165, 1.54) is 5.56 Å². The van der Waals surface area contributed by atoms with E-state index in [-0.39, 0.29) is 0 Å². The van der Waals surface area contributed by atoms with Gasteiger partial charge in [-0.15, -0.1) is 5.10 Å². The van der Waals surface area contributed by atoms with Crippen LogP contribution >= 0.6 is 15.9 Å². The highest BCUT2D eigenvalue weighted by Crippen LogP contribution is 2.25. The highest BCUT2D eigenvalue weighted by molar-refractivity contribution is 9.10. The van der Waals surface area contributed by atoms with E-state index in [1.807, 2.05) is 55.5 Å². The van der Waals surface area contributed by atoms with Crippen molar-refractivity contribution in [1.82, 2.24) is 15.2 Å².